The topological polar surface area (TPSA) is 61.8 Å². The molecular formula is C48H39N3. The summed E-state index contributed by atoms with van der Waals surface area (Å²) < 4.78 is 0. The maximum atomic E-state index is 9.19. The Hall–Kier alpha value is -6.05. The van der Waals surface area contributed by atoms with Crippen LogP contribution in [0.2, 0.25) is 0 Å². The Labute approximate surface area is 300 Å². The van der Waals surface area contributed by atoms with Crippen molar-refractivity contribution < 1.29 is 0 Å². The van der Waals surface area contributed by atoms with Gasteiger partial charge in [0.05, 0.1) is 23.8 Å². The van der Waals surface area contributed by atoms with E-state index in [2.05, 4.69) is 141 Å². The quantitative estimate of drug-likeness (QED) is 0.160. The molecule has 0 aromatic heterocycles. The van der Waals surface area contributed by atoms with Crippen molar-refractivity contribution in [2.45, 2.75) is 31.5 Å². The summed E-state index contributed by atoms with van der Waals surface area (Å²) >= 11 is 0. The minimum atomic E-state index is -0.342. The van der Waals surface area contributed by atoms with E-state index in [0.29, 0.717) is 5.56 Å². The zero-order valence-electron chi connectivity index (χ0n) is 28.8. The van der Waals surface area contributed by atoms with Crippen LogP contribution in [-0.4, -0.2) is 0 Å². The van der Waals surface area contributed by atoms with Crippen LogP contribution >= 0.6 is 0 Å². The Morgan fingerprint density at radius 2 is 1.24 bits per heavy atom. The van der Waals surface area contributed by atoms with Crippen LogP contribution in [0.4, 0.5) is 0 Å². The first-order chi connectivity index (χ1) is 24.9. The van der Waals surface area contributed by atoms with Crippen molar-refractivity contribution in [3.63, 3.8) is 0 Å². The lowest BCUT2D eigenvalue weighted by atomic mass is 9.81. The SMILES string of the molecule is CC1(C)c2cc3ccccc3cc2-c2c(-c3ccc(/C=C/C(NC(N)c4ccccc4)c4ccc(-c5ccc(C#N)cc5)cc4)cc3)cccc21. The Kier molecular flexibility index (Phi) is 8.42. The van der Waals surface area contributed by atoms with Gasteiger partial charge in [0, 0.05) is 5.41 Å². The smallest absolute Gasteiger partial charge is 0.0991 e. The monoisotopic (exact) mass is 657 g/mol. The van der Waals surface area contributed by atoms with E-state index in [9.17, 15) is 5.26 Å². The fourth-order valence-electron chi connectivity index (χ4n) is 7.53. The molecule has 51 heavy (non-hydrogen) atoms. The Bertz CT molecular complexity index is 2410. The van der Waals surface area contributed by atoms with Crippen molar-refractivity contribution in [2.75, 3.05) is 0 Å². The normalized spacial score (nSPS) is 14.2. The van der Waals surface area contributed by atoms with Crippen molar-refractivity contribution in [1.82, 2.24) is 5.32 Å². The lowest BCUT2D eigenvalue weighted by Gasteiger charge is -2.22. The molecule has 0 saturated carbocycles. The van der Waals surface area contributed by atoms with Crippen molar-refractivity contribution in [1.29, 1.82) is 5.26 Å². The molecule has 0 aliphatic heterocycles. The highest BCUT2D eigenvalue weighted by atomic mass is 15.0. The van der Waals surface area contributed by atoms with Crippen molar-refractivity contribution in [3.8, 4) is 39.4 Å². The highest BCUT2D eigenvalue weighted by molar-refractivity contribution is 5.98. The first kappa shape index (κ1) is 32.2. The van der Waals surface area contributed by atoms with Crippen molar-refractivity contribution in [2.24, 2.45) is 5.73 Å². The predicted molar refractivity (Wildman–Crippen MR) is 212 cm³/mol. The van der Waals surface area contributed by atoms with E-state index in [1.54, 1.807) is 0 Å². The number of hydrogen-bond acceptors (Lipinski definition) is 3. The van der Waals surface area contributed by atoms with Crippen LogP contribution in [0.3, 0.4) is 0 Å². The number of benzene rings is 7. The summed E-state index contributed by atoms with van der Waals surface area (Å²) in [6.07, 6.45) is 4.03. The highest BCUT2D eigenvalue weighted by Gasteiger charge is 2.37. The summed E-state index contributed by atoms with van der Waals surface area (Å²) in [5.41, 5.74) is 20.6. The first-order valence-corrected chi connectivity index (χ1v) is 17.5. The number of rotatable bonds is 8. The Morgan fingerprint density at radius 3 is 1.92 bits per heavy atom. The molecule has 3 heteroatoms. The lowest BCUT2D eigenvalue weighted by Crippen LogP contribution is -2.31. The lowest BCUT2D eigenvalue weighted by molar-refractivity contribution is 0.509. The van der Waals surface area contributed by atoms with Crippen LogP contribution < -0.4 is 11.1 Å². The molecule has 1 aliphatic carbocycles. The number of nitriles is 1. The molecule has 0 spiro atoms. The molecule has 1 aliphatic rings. The van der Waals surface area contributed by atoms with E-state index in [1.807, 2.05) is 54.6 Å². The van der Waals surface area contributed by atoms with Gasteiger partial charge in [-0.1, -0.05) is 159 Å². The Morgan fingerprint density at radius 1 is 0.608 bits per heavy atom. The number of hydrogen-bond donors (Lipinski definition) is 2. The summed E-state index contributed by atoms with van der Waals surface area (Å²) in [6.45, 7) is 4.69. The van der Waals surface area contributed by atoms with Gasteiger partial charge in [-0.05, 0) is 96.2 Å². The number of nitrogens with one attached hydrogen (secondary N) is 1. The zero-order chi connectivity index (χ0) is 35.0. The van der Waals surface area contributed by atoms with Gasteiger partial charge in [-0.25, -0.2) is 0 Å². The number of nitrogens with zero attached hydrogens (tertiary/aromatic N) is 1. The van der Waals surface area contributed by atoms with E-state index in [-0.39, 0.29) is 17.6 Å². The van der Waals surface area contributed by atoms with Gasteiger partial charge in [0.1, 0.15) is 0 Å². The van der Waals surface area contributed by atoms with E-state index in [1.165, 1.54) is 44.2 Å². The van der Waals surface area contributed by atoms with Crippen LogP contribution in [0.25, 0.3) is 50.2 Å². The van der Waals surface area contributed by atoms with E-state index in [0.717, 1.165) is 27.8 Å². The highest BCUT2D eigenvalue weighted by Crippen LogP contribution is 2.53. The minimum Gasteiger partial charge on any atom is -0.312 e. The van der Waals surface area contributed by atoms with Gasteiger partial charge >= 0.3 is 0 Å². The second-order valence-electron chi connectivity index (χ2n) is 13.9. The molecule has 8 rings (SSSR count). The van der Waals surface area contributed by atoms with Gasteiger partial charge in [-0.3, -0.25) is 5.32 Å². The van der Waals surface area contributed by atoms with Crippen LogP contribution in [-0.2, 0) is 5.41 Å². The number of fused-ring (bicyclic) bond motifs is 4. The van der Waals surface area contributed by atoms with Gasteiger partial charge in [-0.2, -0.15) is 5.26 Å². The molecule has 0 bridgehead atoms. The van der Waals surface area contributed by atoms with E-state index >= 15 is 0 Å². The second-order valence-corrected chi connectivity index (χ2v) is 13.9. The molecule has 0 saturated heterocycles. The molecule has 246 valence electrons. The van der Waals surface area contributed by atoms with Gasteiger partial charge < -0.3 is 5.73 Å². The third-order valence-electron chi connectivity index (χ3n) is 10.4. The van der Waals surface area contributed by atoms with Crippen molar-refractivity contribution >= 4 is 16.8 Å². The summed E-state index contributed by atoms with van der Waals surface area (Å²) in [5.74, 6) is 0. The average molecular weight is 658 g/mol. The summed E-state index contributed by atoms with van der Waals surface area (Å²) in [6, 6.07) is 57.5. The van der Waals surface area contributed by atoms with Gasteiger partial charge in [0.15, 0.2) is 0 Å². The molecule has 0 fully saturated rings. The van der Waals surface area contributed by atoms with E-state index in [4.69, 9.17) is 5.73 Å². The molecule has 7 aromatic carbocycles. The summed E-state index contributed by atoms with van der Waals surface area (Å²) in [5, 5.41) is 15.4. The third-order valence-corrected chi connectivity index (χ3v) is 10.4. The van der Waals surface area contributed by atoms with Crippen LogP contribution in [0.1, 0.15) is 59.4 Å². The standard InChI is InChI=1S/C48H39N3/c1-48(2)43-14-8-13-41(46(43)42-29-39-11-6-7-12-40(39)30-44(42)48)36-22-15-32(16-23-36)19-28-45(51-47(50)38-9-4-3-5-10-38)37-26-24-35(25-27-37)34-20-17-33(31-49)18-21-34/h3-30,45,47,51H,50H2,1-2H3/b28-19+. The number of nitrogens with two attached hydrogens (primary N) is 1. The van der Waals surface area contributed by atoms with Gasteiger partial charge in [0.2, 0.25) is 0 Å². The van der Waals surface area contributed by atoms with Crippen LogP contribution in [0.15, 0.2) is 164 Å². The molecule has 3 N–H and O–H groups in total. The fourth-order valence-corrected chi connectivity index (χ4v) is 7.53. The summed E-state index contributed by atoms with van der Waals surface area (Å²) in [7, 11) is 0. The first-order valence-electron chi connectivity index (χ1n) is 17.5. The molecule has 0 amide bonds. The van der Waals surface area contributed by atoms with Gasteiger partial charge in [-0.15, -0.1) is 0 Å². The van der Waals surface area contributed by atoms with E-state index < -0.39 is 0 Å². The summed E-state index contributed by atoms with van der Waals surface area (Å²) in [4.78, 5) is 0. The fraction of sp³-hybridized carbons (Fsp3) is 0.104. The molecule has 2 unspecified atom stereocenters. The Balaban J connectivity index is 1.09. The van der Waals surface area contributed by atoms with Gasteiger partial charge in [0.25, 0.3) is 0 Å². The molecule has 7 aromatic rings. The predicted octanol–water partition coefficient (Wildman–Crippen LogP) is 11.4. The molecule has 0 heterocycles. The zero-order valence-corrected chi connectivity index (χ0v) is 28.8. The molecule has 3 nitrogen and oxygen atoms in total. The third kappa shape index (κ3) is 6.17. The van der Waals surface area contributed by atoms with Crippen LogP contribution in [0.5, 0.6) is 0 Å². The maximum absolute atomic E-state index is 9.19. The minimum absolute atomic E-state index is 0.0732. The van der Waals surface area contributed by atoms with Crippen LogP contribution in [0, 0.1) is 11.3 Å². The molecular weight excluding hydrogens is 619 g/mol. The maximum Gasteiger partial charge on any atom is 0.0991 e. The largest absolute Gasteiger partial charge is 0.312 e. The molecule has 0 radical (unpaired) electrons. The average Bonchev–Trinajstić information content (AvgIpc) is 3.41. The second kappa shape index (κ2) is 13.3. The van der Waals surface area contributed by atoms with Crippen molar-refractivity contribution in [3.05, 3.63) is 197 Å². The molecule has 2 atom stereocenters.